The molecule has 0 saturated carbocycles. The number of nitrogens with zero attached hydrogens (tertiary/aromatic N) is 4. The topological polar surface area (TPSA) is 51.6 Å². The van der Waals surface area contributed by atoms with Gasteiger partial charge in [0.1, 0.15) is 0 Å². The molecule has 10 rings (SSSR count). The minimum atomic E-state index is 0.636. The van der Waals surface area contributed by atoms with Crippen LogP contribution in [0, 0.1) is 0 Å². The van der Waals surface area contributed by atoms with E-state index < -0.39 is 0 Å². The van der Waals surface area contributed by atoms with Crippen LogP contribution in [0.2, 0.25) is 0 Å². The van der Waals surface area contributed by atoms with Crippen LogP contribution in [0.25, 0.3) is 100 Å². The summed E-state index contributed by atoms with van der Waals surface area (Å²) >= 11 is 0. The van der Waals surface area contributed by atoms with Gasteiger partial charge in [-0.15, -0.1) is 0 Å². The second-order valence-electron chi connectivity index (χ2n) is 13.4. The van der Waals surface area contributed by atoms with E-state index in [0.717, 1.165) is 55.4 Å². The minimum Gasteiger partial charge on any atom is -0.247 e. The molecule has 54 heavy (non-hydrogen) atoms. The first-order chi connectivity index (χ1) is 26.8. The van der Waals surface area contributed by atoms with Crippen molar-refractivity contribution in [3.05, 3.63) is 194 Å². The summed E-state index contributed by atoms with van der Waals surface area (Å²) in [5, 5.41) is 5.84. The van der Waals surface area contributed by atoms with Crippen molar-refractivity contribution in [3.63, 3.8) is 0 Å². The largest absolute Gasteiger partial charge is 0.247 e. The molecule has 2 heterocycles. The Labute approximate surface area is 313 Å². The fourth-order valence-electron chi connectivity index (χ4n) is 7.48. The lowest BCUT2D eigenvalue weighted by molar-refractivity contribution is 1.07. The average molecular weight is 689 g/mol. The fraction of sp³-hybridized carbons (Fsp3) is 0. The van der Waals surface area contributed by atoms with Gasteiger partial charge in [0.25, 0.3) is 0 Å². The molecule has 0 bridgehead atoms. The third-order valence-electron chi connectivity index (χ3n) is 10.1. The van der Waals surface area contributed by atoms with Crippen molar-refractivity contribution < 1.29 is 0 Å². The van der Waals surface area contributed by atoms with Gasteiger partial charge in [0, 0.05) is 38.4 Å². The van der Waals surface area contributed by atoms with Crippen molar-refractivity contribution in [2.24, 2.45) is 0 Å². The summed E-state index contributed by atoms with van der Waals surface area (Å²) < 4.78 is 0. The smallest absolute Gasteiger partial charge is 0.164 e. The summed E-state index contributed by atoms with van der Waals surface area (Å²) in [4.78, 5) is 20.1. The van der Waals surface area contributed by atoms with E-state index in [1.54, 1.807) is 0 Å². The Morgan fingerprint density at radius 1 is 0.278 bits per heavy atom. The van der Waals surface area contributed by atoms with Gasteiger partial charge in [-0.05, 0) is 45.2 Å². The monoisotopic (exact) mass is 688 g/mol. The van der Waals surface area contributed by atoms with Crippen molar-refractivity contribution in [1.29, 1.82) is 0 Å². The molecule has 8 aromatic carbocycles. The van der Waals surface area contributed by atoms with E-state index in [2.05, 4.69) is 133 Å². The van der Waals surface area contributed by atoms with E-state index in [1.807, 2.05) is 60.7 Å². The second kappa shape index (κ2) is 13.4. The first-order valence-corrected chi connectivity index (χ1v) is 18.1. The predicted molar refractivity (Wildman–Crippen MR) is 223 cm³/mol. The van der Waals surface area contributed by atoms with Gasteiger partial charge in [0.15, 0.2) is 17.5 Å². The molecule has 0 radical (unpaired) electrons. The molecule has 0 saturated heterocycles. The molecule has 0 aliphatic carbocycles. The number of fused-ring (bicyclic) bond motifs is 4. The van der Waals surface area contributed by atoms with Crippen molar-refractivity contribution in [2.45, 2.75) is 0 Å². The van der Waals surface area contributed by atoms with Crippen LogP contribution in [0.3, 0.4) is 0 Å². The summed E-state index contributed by atoms with van der Waals surface area (Å²) in [7, 11) is 0. The number of rotatable bonds is 6. The van der Waals surface area contributed by atoms with Gasteiger partial charge in [0.2, 0.25) is 0 Å². The molecule has 0 fully saturated rings. The zero-order chi connectivity index (χ0) is 35.8. The normalized spacial score (nSPS) is 11.3. The van der Waals surface area contributed by atoms with Crippen LogP contribution in [0.15, 0.2) is 194 Å². The van der Waals surface area contributed by atoms with Crippen molar-refractivity contribution in [1.82, 2.24) is 19.9 Å². The molecular formula is C50H32N4. The Bertz CT molecular complexity index is 2900. The van der Waals surface area contributed by atoms with Crippen LogP contribution in [0.5, 0.6) is 0 Å². The molecule has 2 aromatic heterocycles. The van der Waals surface area contributed by atoms with E-state index in [9.17, 15) is 0 Å². The predicted octanol–water partition coefficient (Wildman–Crippen LogP) is 12.7. The van der Waals surface area contributed by atoms with Crippen LogP contribution in [-0.4, -0.2) is 19.9 Å². The number of aromatic nitrogens is 4. The van der Waals surface area contributed by atoms with Crippen LogP contribution in [0.1, 0.15) is 0 Å². The second-order valence-corrected chi connectivity index (χ2v) is 13.4. The van der Waals surface area contributed by atoms with Gasteiger partial charge < -0.3 is 0 Å². The molecule has 0 amide bonds. The maximum absolute atomic E-state index is 5.39. The number of hydrogen-bond donors (Lipinski definition) is 0. The summed E-state index contributed by atoms with van der Waals surface area (Å²) in [5.74, 6) is 1.93. The third-order valence-corrected chi connectivity index (χ3v) is 10.1. The molecule has 4 heteroatoms. The fourth-order valence-corrected chi connectivity index (χ4v) is 7.48. The number of benzene rings is 8. The van der Waals surface area contributed by atoms with Crippen LogP contribution in [-0.2, 0) is 0 Å². The summed E-state index contributed by atoms with van der Waals surface area (Å²) in [6, 6.07) is 67.6. The first-order valence-electron chi connectivity index (χ1n) is 18.1. The average Bonchev–Trinajstić information content (AvgIpc) is 3.26. The Hall–Kier alpha value is -7.30. The van der Waals surface area contributed by atoms with Gasteiger partial charge in [-0.3, -0.25) is 0 Å². The number of pyridine rings is 1. The highest BCUT2D eigenvalue weighted by Gasteiger charge is 2.17. The van der Waals surface area contributed by atoms with Gasteiger partial charge in [0.05, 0.1) is 11.2 Å². The van der Waals surface area contributed by atoms with E-state index >= 15 is 0 Å². The van der Waals surface area contributed by atoms with Crippen LogP contribution < -0.4 is 0 Å². The standard InChI is InChI=1S/C50H32N4/c1-4-14-35(15-5-1)41-23-13-25-43-46(41)44-32-39(30-31-45(44)51-47(43)42-24-12-21-34-16-10-11-22-40(34)42)33-26-28-38(29-27-33)50-53-48(36-17-6-2-7-18-36)52-49(54-50)37-19-8-3-9-20-37/h1-32H. The van der Waals surface area contributed by atoms with Crippen molar-refractivity contribution >= 4 is 32.4 Å². The Kier molecular flexibility index (Phi) is 7.77. The highest BCUT2D eigenvalue weighted by Crippen LogP contribution is 2.41. The quantitative estimate of drug-likeness (QED) is 0.163. The lowest BCUT2D eigenvalue weighted by Gasteiger charge is -2.16. The van der Waals surface area contributed by atoms with Crippen LogP contribution in [0.4, 0.5) is 0 Å². The van der Waals surface area contributed by atoms with E-state index in [1.165, 1.54) is 27.3 Å². The summed E-state index contributed by atoms with van der Waals surface area (Å²) in [5.41, 5.74) is 10.5. The van der Waals surface area contributed by atoms with Crippen molar-refractivity contribution in [3.8, 4) is 67.7 Å². The van der Waals surface area contributed by atoms with Gasteiger partial charge in [-0.1, -0.05) is 182 Å². The molecule has 0 atom stereocenters. The highest BCUT2D eigenvalue weighted by molar-refractivity contribution is 6.19. The molecule has 10 aromatic rings. The molecule has 0 N–H and O–H groups in total. The SMILES string of the molecule is c1ccc(-c2nc(-c3ccccc3)nc(-c3ccc(-c4ccc5nc(-c6cccc7ccccc67)c6cccc(-c7ccccc7)c6c5c4)cc3)n2)cc1. The van der Waals surface area contributed by atoms with Gasteiger partial charge in [-0.25, -0.2) is 19.9 Å². The minimum absolute atomic E-state index is 0.636. The highest BCUT2D eigenvalue weighted by atomic mass is 15.0. The zero-order valence-electron chi connectivity index (χ0n) is 29.3. The Morgan fingerprint density at radius 3 is 1.43 bits per heavy atom. The van der Waals surface area contributed by atoms with E-state index in [4.69, 9.17) is 19.9 Å². The van der Waals surface area contributed by atoms with E-state index in [-0.39, 0.29) is 0 Å². The molecule has 0 unspecified atom stereocenters. The van der Waals surface area contributed by atoms with Crippen molar-refractivity contribution in [2.75, 3.05) is 0 Å². The maximum Gasteiger partial charge on any atom is 0.164 e. The molecule has 0 spiro atoms. The zero-order valence-corrected chi connectivity index (χ0v) is 29.3. The Balaban J connectivity index is 1.12. The van der Waals surface area contributed by atoms with Crippen LogP contribution >= 0.6 is 0 Å². The van der Waals surface area contributed by atoms with E-state index in [0.29, 0.717) is 17.5 Å². The molecule has 252 valence electrons. The lowest BCUT2D eigenvalue weighted by atomic mass is 9.90. The number of hydrogen-bond acceptors (Lipinski definition) is 4. The molecule has 0 aliphatic heterocycles. The maximum atomic E-state index is 5.39. The van der Waals surface area contributed by atoms with Gasteiger partial charge >= 0.3 is 0 Å². The molecule has 0 aliphatic rings. The lowest BCUT2D eigenvalue weighted by Crippen LogP contribution is -2.00. The summed E-state index contributed by atoms with van der Waals surface area (Å²) in [6.45, 7) is 0. The molecular weight excluding hydrogens is 657 g/mol. The molecule has 4 nitrogen and oxygen atoms in total. The summed E-state index contributed by atoms with van der Waals surface area (Å²) in [6.07, 6.45) is 0. The third kappa shape index (κ3) is 5.67. The first kappa shape index (κ1) is 31.4. The Morgan fingerprint density at radius 2 is 0.759 bits per heavy atom. The van der Waals surface area contributed by atoms with Gasteiger partial charge in [-0.2, -0.15) is 0 Å².